The van der Waals surface area contributed by atoms with Crippen molar-refractivity contribution in [2.24, 2.45) is 0 Å². The highest BCUT2D eigenvalue weighted by molar-refractivity contribution is 7.71. The number of methoxy groups -OCH3 is 1. The number of nitrogens with one attached hydrogen (secondary N) is 1. The van der Waals surface area contributed by atoms with Crippen LogP contribution in [0.25, 0.3) is 11.2 Å². The molecule has 3 rings (SSSR count). The van der Waals surface area contributed by atoms with E-state index in [1.165, 1.54) is 17.5 Å². The molecule has 102 valence electrons. The van der Waals surface area contributed by atoms with Crippen molar-refractivity contribution >= 4 is 23.4 Å². The Morgan fingerprint density at radius 1 is 1.35 bits per heavy atom. The third kappa shape index (κ3) is 2.18. The Hall–Kier alpha value is -2.21. The van der Waals surface area contributed by atoms with Crippen molar-refractivity contribution in [3.8, 4) is 5.88 Å². The molecule has 0 bridgehead atoms. The molecule has 2 aromatic heterocycles. The summed E-state index contributed by atoms with van der Waals surface area (Å²) in [5, 5.41) is 0. The van der Waals surface area contributed by atoms with Crippen LogP contribution in [0.3, 0.4) is 0 Å². The predicted molar refractivity (Wildman–Crippen MR) is 79.5 cm³/mol. The van der Waals surface area contributed by atoms with Gasteiger partial charge in [0.05, 0.1) is 13.7 Å². The van der Waals surface area contributed by atoms with Crippen LogP contribution in [-0.4, -0.2) is 26.6 Å². The molecule has 20 heavy (non-hydrogen) atoms. The van der Waals surface area contributed by atoms with Crippen LogP contribution in [-0.2, 0) is 6.54 Å². The van der Waals surface area contributed by atoms with Gasteiger partial charge in [-0.15, -0.1) is 0 Å². The van der Waals surface area contributed by atoms with Gasteiger partial charge in [-0.05, 0) is 24.7 Å². The number of fused-ring (bicyclic) bond motifs is 1. The second-order valence-corrected chi connectivity index (χ2v) is 4.97. The molecule has 2 heterocycles. The quantitative estimate of drug-likeness (QED) is 0.752. The predicted octanol–water partition coefficient (Wildman–Crippen LogP) is 2.85. The number of H-pyrrole nitrogens is 1. The van der Waals surface area contributed by atoms with Crippen LogP contribution in [0.4, 0.5) is 0 Å². The summed E-state index contributed by atoms with van der Waals surface area (Å²) in [6.07, 6.45) is 1.48. The second kappa shape index (κ2) is 5.05. The van der Waals surface area contributed by atoms with Crippen LogP contribution >= 0.6 is 12.2 Å². The maximum absolute atomic E-state index is 5.38. The number of aromatic amines is 1. The van der Waals surface area contributed by atoms with Crippen LogP contribution in [0.5, 0.6) is 5.88 Å². The Morgan fingerprint density at radius 2 is 2.20 bits per heavy atom. The molecule has 3 aromatic rings. The van der Waals surface area contributed by atoms with Crippen molar-refractivity contribution in [1.29, 1.82) is 0 Å². The topological polar surface area (TPSA) is 55.7 Å². The standard InChI is InChI=1S/C14H14N4OS/c1-9-4-3-5-10(6-9)7-18-12-11(17-14(18)20)13(19-2)16-8-15-12/h3-6,8H,7H2,1-2H3,(H,17,20). The van der Waals surface area contributed by atoms with Gasteiger partial charge in [0, 0.05) is 0 Å². The van der Waals surface area contributed by atoms with Crippen molar-refractivity contribution in [3.63, 3.8) is 0 Å². The fourth-order valence-corrected chi connectivity index (χ4v) is 2.49. The number of hydrogen-bond acceptors (Lipinski definition) is 4. The molecule has 0 fully saturated rings. The Labute approximate surface area is 121 Å². The summed E-state index contributed by atoms with van der Waals surface area (Å²) in [5.74, 6) is 0.504. The molecule has 0 saturated carbocycles. The van der Waals surface area contributed by atoms with E-state index in [9.17, 15) is 0 Å². The van der Waals surface area contributed by atoms with Crippen molar-refractivity contribution in [3.05, 3.63) is 46.5 Å². The molecule has 0 saturated heterocycles. The van der Waals surface area contributed by atoms with Gasteiger partial charge in [0.1, 0.15) is 11.8 Å². The Kier molecular flexibility index (Phi) is 3.23. The lowest BCUT2D eigenvalue weighted by atomic mass is 10.1. The van der Waals surface area contributed by atoms with Crippen LogP contribution in [0.1, 0.15) is 11.1 Å². The molecule has 5 nitrogen and oxygen atoms in total. The van der Waals surface area contributed by atoms with Gasteiger partial charge in [0.15, 0.2) is 10.4 Å². The Balaban J connectivity index is 2.12. The van der Waals surface area contributed by atoms with Gasteiger partial charge < -0.3 is 9.72 Å². The van der Waals surface area contributed by atoms with E-state index < -0.39 is 0 Å². The number of aromatic nitrogens is 4. The summed E-state index contributed by atoms with van der Waals surface area (Å²) < 4.78 is 7.78. The van der Waals surface area contributed by atoms with Crippen LogP contribution in [0.15, 0.2) is 30.6 Å². The van der Waals surface area contributed by atoms with Gasteiger partial charge in [0.2, 0.25) is 5.88 Å². The summed E-state index contributed by atoms with van der Waals surface area (Å²) >= 11 is 5.38. The minimum atomic E-state index is 0.504. The van der Waals surface area contributed by atoms with Crippen molar-refractivity contribution < 1.29 is 4.74 Å². The maximum Gasteiger partial charge on any atom is 0.242 e. The van der Waals surface area contributed by atoms with Gasteiger partial charge >= 0.3 is 0 Å². The first kappa shape index (κ1) is 12.8. The lowest BCUT2D eigenvalue weighted by Crippen LogP contribution is -2.01. The highest BCUT2D eigenvalue weighted by Gasteiger charge is 2.11. The van der Waals surface area contributed by atoms with E-state index in [1.54, 1.807) is 7.11 Å². The highest BCUT2D eigenvalue weighted by Crippen LogP contribution is 2.21. The van der Waals surface area contributed by atoms with Gasteiger partial charge in [0.25, 0.3) is 0 Å². The van der Waals surface area contributed by atoms with Gasteiger partial charge in [-0.25, -0.2) is 4.98 Å². The van der Waals surface area contributed by atoms with E-state index in [1.807, 2.05) is 10.6 Å². The van der Waals surface area contributed by atoms with E-state index in [4.69, 9.17) is 17.0 Å². The molecule has 0 unspecified atom stereocenters. The number of aryl methyl sites for hydroxylation is 1. The van der Waals surface area contributed by atoms with Crippen LogP contribution in [0.2, 0.25) is 0 Å². The first-order chi connectivity index (χ1) is 9.69. The molecular formula is C14H14N4OS. The minimum absolute atomic E-state index is 0.504. The summed E-state index contributed by atoms with van der Waals surface area (Å²) in [7, 11) is 1.58. The summed E-state index contributed by atoms with van der Waals surface area (Å²) in [5.41, 5.74) is 3.89. The number of nitrogens with zero attached hydrogens (tertiary/aromatic N) is 3. The molecule has 1 aromatic carbocycles. The molecule has 0 amide bonds. The number of ether oxygens (including phenoxy) is 1. The fourth-order valence-electron chi connectivity index (χ4n) is 2.24. The number of benzene rings is 1. The summed E-state index contributed by atoms with van der Waals surface area (Å²) in [4.78, 5) is 11.5. The Bertz CT molecular complexity index is 821. The summed E-state index contributed by atoms with van der Waals surface area (Å²) in [6, 6.07) is 8.33. The second-order valence-electron chi connectivity index (χ2n) is 4.59. The van der Waals surface area contributed by atoms with Gasteiger partial charge in [-0.1, -0.05) is 29.8 Å². The zero-order chi connectivity index (χ0) is 14.1. The molecule has 0 atom stereocenters. The van der Waals surface area contributed by atoms with E-state index in [0.717, 1.165) is 11.2 Å². The zero-order valence-electron chi connectivity index (χ0n) is 11.3. The highest BCUT2D eigenvalue weighted by atomic mass is 32.1. The number of rotatable bonds is 3. The molecule has 1 N–H and O–H groups in total. The molecule has 0 aliphatic rings. The van der Waals surface area contributed by atoms with E-state index in [-0.39, 0.29) is 0 Å². The zero-order valence-corrected chi connectivity index (χ0v) is 12.1. The smallest absolute Gasteiger partial charge is 0.242 e. The largest absolute Gasteiger partial charge is 0.479 e. The van der Waals surface area contributed by atoms with E-state index in [2.05, 4.69) is 40.1 Å². The SMILES string of the molecule is COc1ncnc2c1[nH]c(=S)n2Cc1cccc(C)c1. The fraction of sp³-hybridized carbons (Fsp3) is 0.214. The van der Waals surface area contributed by atoms with Crippen molar-refractivity contribution in [1.82, 2.24) is 19.5 Å². The lowest BCUT2D eigenvalue weighted by molar-refractivity contribution is 0.401. The third-order valence-electron chi connectivity index (χ3n) is 3.14. The first-order valence-corrected chi connectivity index (χ1v) is 6.63. The maximum atomic E-state index is 5.38. The normalized spacial score (nSPS) is 10.9. The van der Waals surface area contributed by atoms with Gasteiger partial charge in [-0.3, -0.25) is 4.57 Å². The first-order valence-electron chi connectivity index (χ1n) is 6.22. The molecule has 0 radical (unpaired) electrons. The molecule has 0 aliphatic carbocycles. The molecule has 0 aliphatic heterocycles. The van der Waals surface area contributed by atoms with E-state index in [0.29, 0.717) is 17.2 Å². The average molecular weight is 286 g/mol. The summed E-state index contributed by atoms with van der Waals surface area (Å²) in [6.45, 7) is 2.74. The Morgan fingerprint density at radius 3 is 2.95 bits per heavy atom. The molecule has 6 heteroatoms. The lowest BCUT2D eigenvalue weighted by Gasteiger charge is -2.05. The van der Waals surface area contributed by atoms with Gasteiger partial charge in [-0.2, -0.15) is 4.98 Å². The average Bonchev–Trinajstić information content (AvgIpc) is 2.75. The molecule has 0 spiro atoms. The van der Waals surface area contributed by atoms with Crippen molar-refractivity contribution in [2.45, 2.75) is 13.5 Å². The van der Waals surface area contributed by atoms with Crippen molar-refractivity contribution in [2.75, 3.05) is 7.11 Å². The number of imidazole rings is 1. The third-order valence-corrected chi connectivity index (χ3v) is 3.46. The monoisotopic (exact) mass is 286 g/mol. The van der Waals surface area contributed by atoms with Crippen LogP contribution < -0.4 is 4.74 Å². The van der Waals surface area contributed by atoms with E-state index >= 15 is 0 Å². The van der Waals surface area contributed by atoms with Crippen LogP contribution in [0, 0.1) is 11.7 Å². The number of hydrogen-bond donors (Lipinski definition) is 1. The molecular weight excluding hydrogens is 272 g/mol. The minimum Gasteiger partial charge on any atom is -0.479 e.